The third-order valence-electron chi connectivity index (χ3n) is 2.81. The van der Waals surface area contributed by atoms with Crippen LogP contribution in [0.1, 0.15) is 11.1 Å². The SMILES string of the molecule is CS(=O)(=O)O.Cc1ccc2cc(SOOO)c(C)c(O)c2c1O. The van der Waals surface area contributed by atoms with E-state index in [0.29, 0.717) is 33.1 Å². The largest absolute Gasteiger partial charge is 0.507 e. The van der Waals surface area contributed by atoms with Crippen LogP contribution in [0.4, 0.5) is 0 Å². The average Bonchev–Trinajstić information content (AvgIpc) is 2.43. The summed E-state index contributed by atoms with van der Waals surface area (Å²) in [6.45, 7) is 3.44. The summed E-state index contributed by atoms with van der Waals surface area (Å²) in [5.41, 5.74) is 1.22. The molecular formula is C13H16O8S2. The topological polar surface area (TPSA) is 134 Å². The third-order valence-corrected chi connectivity index (χ3v) is 3.55. The van der Waals surface area contributed by atoms with Gasteiger partial charge in [0.05, 0.1) is 23.7 Å². The number of hydrogen-bond donors (Lipinski definition) is 4. The molecule has 0 aliphatic heterocycles. The number of fused-ring (bicyclic) bond motifs is 1. The molecule has 0 radical (unpaired) electrons. The van der Waals surface area contributed by atoms with Crippen molar-refractivity contribution in [1.82, 2.24) is 0 Å². The van der Waals surface area contributed by atoms with E-state index in [-0.39, 0.29) is 11.5 Å². The molecule has 0 amide bonds. The summed E-state index contributed by atoms with van der Waals surface area (Å²) in [5.74, 6) is 0.0433. The standard InChI is InChI=1S/C12H12O5S.CH4O3S/c1-6-3-4-8-5-9(18-17-16-15)7(2)12(14)10(8)11(6)13;1-5(2,3)4/h3-5,13-15H,1-2H3;1H3,(H,2,3,4). The molecule has 0 saturated heterocycles. The first-order chi connectivity index (χ1) is 10.6. The van der Waals surface area contributed by atoms with Crippen LogP contribution >= 0.6 is 12.0 Å². The first-order valence-electron chi connectivity index (χ1n) is 6.08. The number of benzene rings is 2. The van der Waals surface area contributed by atoms with Crippen molar-refractivity contribution in [1.29, 1.82) is 0 Å². The van der Waals surface area contributed by atoms with Gasteiger partial charge in [0.15, 0.2) is 0 Å². The second kappa shape index (κ2) is 7.81. The van der Waals surface area contributed by atoms with Crippen LogP contribution in [-0.2, 0) is 19.5 Å². The van der Waals surface area contributed by atoms with E-state index >= 15 is 0 Å². The molecule has 0 unspecified atom stereocenters. The molecule has 2 aromatic rings. The number of phenols is 2. The van der Waals surface area contributed by atoms with Gasteiger partial charge in [0.25, 0.3) is 10.1 Å². The Bertz CT molecular complexity index is 793. The lowest BCUT2D eigenvalue weighted by atomic mass is 10.0. The molecule has 0 heterocycles. The first-order valence-corrected chi connectivity index (χ1v) is 8.67. The molecule has 0 aliphatic carbocycles. The van der Waals surface area contributed by atoms with Crippen molar-refractivity contribution in [3.8, 4) is 11.5 Å². The van der Waals surface area contributed by atoms with Crippen molar-refractivity contribution in [3.63, 3.8) is 0 Å². The van der Waals surface area contributed by atoms with Gasteiger partial charge in [0, 0.05) is 10.5 Å². The van der Waals surface area contributed by atoms with Crippen LogP contribution in [-0.4, -0.2) is 34.7 Å². The van der Waals surface area contributed by atoms with Crippen molar-refractivity contribution in [3.05, 3.63) is 29.3 Å². The molecule has 128 valence electrons. The molecule has 0 saturated carbocycles. The van der Waals surface area contributed by atoms with Gasteiger partial charge in [-0.2, -0.15) is 8.42 Å². The van der Waals surface area contributed by atoms with E-state index < -0.39 is 10.1 Å². The van der Waals surface area contributed by atoms with Crippen molar-refractivity contribution in [2.24, 2.45) is 0 Å². The monoisotopic (exact) mass is 364 g/mol. The Labute approximate surface area is 137 Å². The summed E-state index contributed by atoms with van der Waals surface area (Å²) < 4.78 is 30.2. The summed E-state index contributed by atoms with van der Waals surface area (Å²) in [7, 11) is -3.67. The minimum absolute atomic E-state index is 0.0160. The van der Waals surface area contributed by atoms with Gasteiger partial charge in [-0.1, -0.05) is 17.2 Å². The van der Waals surface area contributed by atoms with E-state index in [2.05, 4.69) is 9.37 Å². The minimum atomic E-state index is -3.67. The predicted octanol–water partition coefficient (Wildman–Crippen LogP) is 2.80. The molecule has 4 N–H and O–H groups in total. The van der Waals surface area contributed by atoms with Gasteiger partial charge < -0.3 is 10.2 Å². The highest BCUT2D eigenvalue weighted by Crippen LogP contribution is 2.41. The fourth-order valence-electron chi connectivity index (χ4n) is 1.77. The third kappa shape index (κ3) is 5.53. The molecular weight excluding hydrogens is 348 g/mol. The van der Waals surface area contributed by atoms with Crippen molar-refractivity contribution >= 4 is 32.9 Å². The molecule has 0 fully saturated rings. The number of rotatable bonds is 3. The molecule has 2 aromatic carbocycles. The van der Waals surface area contributed by atoms with Crippen LogP contribution < -0.4 is 0 Å². The van der Waals surface area contributed by atoms with Crippen LogP contribution in [0.5, 0.6) is 11.5 Å². The summed E-state index contributed by atoms with van der Waals surface area (Å²) in [5, 5.41) is 32.8. The first kappa shape index (κ1) is 19.5. The van der Waals surface area contributed by atoms with Gasteiger partial charge in [-0.3, -0.25) is 4.55 Å². The van der Waals surface area contributed by atoms with E-state index in [4.69, 9.17) is 9.81 Å². The Morgan fingerprint density at radius 1 is 1.13 bits per heavy atom. The van der Waals surface area contributed by atoms with Gasteiger partial charge in [0.1, 0.15) is 11.5 Å². The van der Waals surface area contributed by atoms with Crippen LogP contribution in [0, 0.1) is 13.8 Å². The van der Waals surface area contributed by atoms with Crippen LogP contribution in [0.15, 0.2) is 23.1 Å². The van der Waals surface area contributed by atoms with Gasteiger partial charge in [0.2, 0.25) is 0 Å². The molecule has 0 aromatic heterocycles. The second-order valence-corrected chi connectivity index (χ2v) is 6.85. The number of hydrogen-bond acceptors (Lipinski definition) is 8. The number of aryl methyl sites for hydroxylation is 1. The number of aromatic hydroxyl groups is 2. The smallest absolute Gasteiger partial charge is 0.261 e. The maximum absolute atomic E-state index is 10.1. The van der Waals surface area contributed by atoms with Crippen LogP contribution in [0.25, 0.3) is 10.8 Å². The normalized spacial score (nSPS) is 11.2. The summed E-state index contributed by atoms with van der Waals surface area (Å²) >= 11 is 0.772. The highest BCUT2D eigenvalue weighted by molar-refractivity contribution is 7.94. The van der Waals surface area contributed by atoms with Gasteiger partial charge >= 0.3 is 0 Å². The minimum Gasteiger partial charge on any atom is -0.507 e. The van der Waals surface area contributed by atoms with Crippen molar-refractivity contribution in [2.45, 2.75) is 18.7 Å². The zero-order valence-corrected chi connectivity index (χ0v) is 14.1. The molecule has 10 heteroatoms. The lowest BCUT2D eigenvalue weighted by Crippen LogP contribution is -1.88. The highest BCUT2D eigenvalue weighted by atomic mass is 32.2. The quantitative estimate of drug-likeness (QED) is 0.281. The Hall–Kier alpha value is -1.56. The van der Waals surface area contributed by atoms with Crippen LogP contribution in [0.2, 0.25) is 0 Å². The maximum atomic E-state index is 10.1. The second-order valence-electron chi connectivity index (χ2n) is 4.64. The van der Waals surface area contributed by atoms with Gasteiger partial charge in [-0.05, 0) is 30.9 Å². The van der Waals surface area contributed by atoms with Crippen molar-refractivity contribution < 1.29 is 37.8 Å². The molecule has 0 spiro atoms. The molecule has 0 bridgehead atoms. The number of phenolic OH excluding ortho intramolecular Hbond substituents is 2. The fraction of sp³-hybridized carbons (Fsp3) is 0.231. The molecule has 2 rings (SSSR count). The fourth-order valence-corrected chi connectivity index (χ4v) is 2.27. The Balaban J connectivity index is 0.000000463. The van der Waals surface area contributed by atoms with E-state index in [1.54, 1.807) is 32.0 Å². The molecule has 23 heavy (non-hydrogen) atoms. The summed E-state index contributed by atoms with van der Waals surface area (Å²) in [4.78, 5) is 0.581. The summed E-state index contributed by atoms with van der Waals surface area (Å²) in [6.07, 6.45) is 0.715. The van der Waals surface area contributed by atoms with Crippen LogP contribution in [0.3, 0.4) is 0 Å². The molecule has 0 atom stereocenters. The van der Waals surface area contributed by atoms with E-state index in [0.717, 1.165) is 12.0 Å². The lowest BCUT2D eigenvalue weighted by Gasteiger charge is -2.11. The van der Waals surface area contributed by atoms with E-state index in [1.807, 2.05) is 0 Å². The van der Waals surface area contributed by atoms with Crippen molar-refractivity contribution in [2.75, 3.05) is 6.26 Å². The summed E-state index contributed by atoms with van der Waals surface area (Å²) in [6, 6.07) is 5.27. The van der Waals surface area contributed by atoms with E-state index in [1.165, 1.54) is 0 Å². The Kier molecular flexibility index (Phi) is 6.62. The lowest BCUT2D eigenvalue weighted by molar-refractivity contribution is -0.432. The predicted molar refractivity (Wildman–Crippen MR) is 84.9 cm³/mol. The average molecular weight is 364 g/mol. The zero-order valence-electron chi connectivity index (χ0n) is 12.5. The highest BCUT2D eigenvalue weighted by Gasteiger charge is 2.14. The van der Waals surface area contributed by atoms with Gasteiger partial charge in [-0.25, -0.2) is 5.26 Å². The molecule has 8 nitrogen and oxygen atoms in total. The van der Waals surface area contributed by atoms with E-state index in [9.17, 15) is 18.6 Å². The Morgan fingerprint density at radius 2 is 1.70 bits per heavy atom. The maximum Gasteiger partial charge on any atom is 0.261 e. The Morgan fingerprint density at radius 3 is 2.22 bits per heavy atom. The van der Waals surface area contributed by atoms with Gasteiger partial charge in [-0.15, -0.1) is 4.33 Å². The molecule has 0 aliphatic rings. The zero-order chi connectivity index (χ0) is 17.8.